The molecule has 0 fully saturated rings. The van der Waals surface area contributed by atoms with Crippen molar-refractivity contribution in [1.82, 2.24) is 4.98 Å². The zero-order valence-corrected chi connectivity index (χ0v) is 12.7. The van der Waals surface area contributed by atoms with Gasteiger partial charge in [0.2, 0.25) is 0 Å². The van der Waals surface area contributed by atoms with Crippen molar-refractivity contribution in [3.63, 3.8) is 0 Å². The highest BCUT2D eigenvalue weighted by Crippen LogP contribution is 2.43. The molecule has 3 rings (SSSR count). The van der Waals surface area contributed by atoms with Gasteiger partial charge in [-0.05, 0) is 30.5 Å². The van der Waals surface area contributed by atoms with Crippen LogP contribution in [-0.4, -0.2) is 4.98 Å². The summed E-state index contributed by atoms with van der Waals surface area (Å²) in [5, 5.41) is 1.87. The van der Waals surface area contributed by atoms with Crippen LogP contribution in [0.5, 0.6) is 0 Å². The fourth-order valence-corrected chi connectivity index (χ4v) is 4.10. The Morgan fingerprint density at radius 3 is 2.79 bits per heavy atom. The highest BCUT2D eigenvalue weighted by atomic mass is 35.5. The zero-order valence-electron chi connectivity index (χ0n) is 11.2. The second-order valence-corrected chi connectivity index (χ2v) is 6.65. The van der Waals surface area contributed by atoms with Crippen LogP contribution in [0.1, 0.15) is 42.1 Å². The molecule has 4 heteroatoms. The molecule has 0 bridgehead atoms. The van der Waals surface area contributed by atoms with Gasteiger partial charge in [-0.3, -0.25) is 0 Å². The van der Waals surface area contributed by atoms with E-state index in [4.69, 9.17) is 22.3 Å². The zero-order chi connectivity index (χ0) is 13.6. The summed E-state index contributed by atoms with van der Waals surface area (Å²) in [6.45, 7) is 4.26. The van der Waals surface area contributed by atoms with Gasteiger partial charge in [0.25, 0.3) is 0 Å². The lowest BCUT2D eigenvalue weighted by molar-refractivity contribution is 0.411. The molecular formula is C15H17ClN2S. The van der Waals surface area contributed by atoms with E-state index >= 15 is 0 Å². The van der Waals surface area contributed by atoms with E-state index in [1.165, 1.54) is 16.0 Å². The predicted molar refractivity (Wildman–Crippen MR) is 81.8 cm³/mol. The number of rotatable bonds is 3. The van der Waals surface area contributed by atoms with Crippen LogP contribution in [0.25, 0.3) is 11.3 Å². The number of hydrogen-bond donors (Lipinski definition) is 1. The largest absolute Gasteiger partial charge is 0.319 e. The van der Waals surface area contributed by atoms with Crippen LogP contribution in [0.15, 0.2) is 18.2 Å². The topological polar surface area (TPSA) is 38.9 Å². The van der Waals surface area contributed by atoms with Crippen LogP contribution >= 0.6 is 22.9 Å². The quantitative estimate of drug-likeness (QED) is 0.780. The smallest absolute Gasteiger partial charge is 0.113 e. The van der Waals surface area contributed by atoms with Crippen LogP contribution in [-0.2, 0) is 12.0 Å². The standard InChI is InChI=1S/C15H17ClN2S/c1-3-15(17,4-2)14-18-13-11-6-5-10(16)7-9(11)8-12(13)19-14/h5-7H,3-4,8,17H2,1-2H3. The number of halogens is 1. The first-order chi connectivity index (χ1) is 9.07. The Morgan fingerprint density at radius 2 is 2.11 bits per heavy atom. The van der Waals surface area contributed by atoms with Crippen molar-refractivity contribution in [2.75, 3.05) is 0 Å². The Bertz CT molecular complexity index is 629. The first-order valence-corrected chi connectivity index (χ1v) is 7.84. The molecule has 19 heavy (non-hydrogen) atoms. The van der Waals surface area contributed by atoms with Crippen molar-refractivity contribution in [2.24, 2.45) is 5.73 Å². The number of fused-ring (bicyclic) bond motifs is 3. The van der Waals surface area contributed by atoms with E-state index in [0.717, 1.165) is 35.0 Å². The molecule has 0 atom stereocenters. The lowest BCUT2D eigenvalue weighted by atomic mass is 9.95. The Balaban J connectivity index is 2.07. The van der Waals surface area contributed by atoms with Gasteiger partial charge >= 0.3 is 0 Å². The van der Waals surface area contributed by atoms with E-state index in [0.29, 0.717) is 0 Å². The fraction of sp³-hybridized carbons (Fsp3) is 0.400. The van der Waals surface area contributed by atoms with E-state index < -0.39 is 0 Å². The van der Waals surface area contributed by atoms with Gasteiger partial charge in [0.1, 0.15) is 5.01 Å². The highest BCUT2D eigenvalue weighted by Gasteiger charge is 2.31. The second kappa shape index (κ2) is 4.58. The van der Waals surface area contributed by atoms with Crippen LogP contribution in [0.3, 0.4) is 0 Å². The van der Waals surface area contributed by atoms with Gasteiger partial charge < -0.3 is 5.73 Å². The Kier molecular flexibility index (Phi) is 3.16. The average Bonchev–Trinajstić information content (AvgIpc) is 2.94. The number of benzene rings is 1. The summed E-state index contributed by atoms with van der Waals surface area (Å²) >= 11 is 7.81. The van der Waals surface area contributed by atoms with Gasteiger partial charge in [-0.25, -0.2) is 4.98 Å². The third-order valence-corrected chi connectivity index (χ3v) is 5.57. The maximum Gasteiger partial charge on any atom is 0.113 e. The maximum absolute atomic E-state index is 6.45. The molecule has 0 unspecified atom stereocenters. The van der Waals surface area contributed by atoms with Crippen molar-refractivity contribution < 1.29 is 0 Å². The van der Waals surface area contributed by atoms with Crippen molar-refractivity contribution >= 4 is 22.9 Å². The minimum atomic E-state index is -0.276. The minimum Gasteiger partial charge on any atom is -0.319 e. The summed E-state index contributed by atoms with van der Waals surface area (Å²) in [7, 11) is 0. The molecule has 1 aliphatic rings. The molecular weight excluding hydrogens is 276 g/mol. The van der Waals surface area contributed by atoms with Gasteiger partial charge in [-0.15, -0.1) is 11.3 Å². The molecule has 2 aromatic rings. The van der Waals surface area contributed by atoms with Gasteiger partial charge in [0, 0.05) is 21.9 Å². The van der Waals surface area contributed by atoms with Gasteiger partial charge in [0.05, 0.1) is 11.2 Å². The summed E-state index contributed by atoms with van der Waals surface area (Å²) in [6.07, 6.45) is 2.78. The summed E-state index contributed by atoms with van der Waals surface area (Å²) in [5.74, 6) is 0. The molecule has 0 saturated carbocycles. The Hall–Kier alpha value is -0.900. The van der Waals surface area contributed by atoms with Crippen LogP contribution < -0.4 is 5.73 Å². The lowest BCUT2D eigenvalue weighted by Crippen LogP contribution is -2.34. The van der Waals surface area contributed by atoms with Gasteiger partial charge in [-0.1, -0.05) is 31.5 Å². The number of nitrogens with two attached hydrogens (primary N) is 1. The van der Waals surface area contributed by atoms with Crippen LogP contribution in [0.2, 0.25) is 5.02 Å². The van der Waals surface area contributed by atoms with E-state index in [9.17, 15) is 0 Å². The molecule has 0 radical (unpaired) electrons. The second-order valence-electron chi connectivity index (χ2n) is 5.13. The first kappa shape index (κ1) is 13.1. The van der Waals surface area contributed by atoms with Crippen molar-refractivity contribution in [1.29, 1.82) is 0 Å². The molecule has 1 aromatic carbocycles. The summed E-state index contributed by atoms with van der Waals surface area (Å²) in [4.78, 5) is 6.15. The van der Waals surface area contributed by atoms with E-state index in [-0.39, 0.29) is 5.54 Å². The van der Waals surface area contributed by atoms with E-state index in [1.54, 1.807) is 11.3 Å². The summed E-state index contributed by atoms with van der Waals surface area (Å²) < 4.78 is 0. The fourth-order valence-electron chi connectivity index (χ4n) is 2.56. The van der Waals surface area contributed by atoms with Crippen molar-refractivity contribution in [2.45, 2.75) is 38.6 Å². The SMILES string of the molecule is CCC(N)(CC)c1nc2c(s1)Cc1cc(Cl)ccc1-2. The van der Waals surface area contributed by atoms with Crippen LogP contribution in [0.4, 0.5) is 0 Å². The number of aromatic nitrogens is 1. The molecule has 0 spiro atoms. The number of hydrogen-bond acceptors (Lipinski definition) is 3. The molecule has 0 amide bonds. The monoisotopic (exact) mass is 292 g/mol. The third-order valence-electron chi connectivity index (χ3n) is 4.06. The molecule has 100 valence electrons. The molecule has 2 N–H and O–H groups in total. The average molecular weight is 293 g/mol. The van der Waals surface area contributed by atoms with Crippen molar-refractivity contribution in [3.8, 4) is 11.3 Å². The van der Waals surface area contributed by atoms with Crippen LogP contribution in [0, 0.1) is 0 Å². The first-order valence-electron chi connectivity index (χ1n) is 6.65. The lowest BCUT2D eigenvalue weighted by Gasteiger charge is -2.23. The Morgan fingerprint density at radius 1 is 1.37 bits per heavy atom. The normalized spacial score (nSPS) is 13.5. The molecule has 2 nitrogen and oxygen atoms in total. The minimum absolute atomic E-state index is 0.276. The van der Waals surface area contributed by atoms with E-state index in [2.05, 4.69) is 19.9 Å². The summed E-state index contributed by atoms with van der Waals surface area (Å²) in [5.41, 5.74) is 9.79. The third kappa shape index (κ3) is 2.00. The molecule has 0 saturated heterocycles. The Labute approximate surface area is 122 Å². The summed E-state index contributed by atoms with van der Waals surface area (Å²) in [6, 6.07) is 6.05. The molecule has 1 aliphatic carbocycles. The maximum atomic E-state index is 6.45. The molecule has 0 aliphatic heterocycles. The number of nitrogens with zero attached hydrogens (tertiary/aromatic N) is 1. The molecule has 1 heterocycles. The van der Waals surface area contributed by atoms with Gasteiger partial charge in [-0.2, -0.15) is 0 Å². The predicted octanol–water partition coefficient (Wildman–Crippen LogP) is 4.34. The van der Waals surface area contributed by atoms with Crippen molar-refractivity contribution in [3.05, 3.63) is 38.7 Å². The van der Waals surface area contributed by atoms with Gasteiger partial charge in [0.15, 0.2) is 0 Å². The highest BCUT2D eigenvalue weighted by molar-refractivity contribution is 7.12. The number of thiazole rings is 1. The molecule has 1 aromatic heterocycles. The van der Waals surface area contributed by atoms with E-state index in [1.807, 2.05) is 12.1 Å².